The summed E-state index contributed by atoms with van der Waals surface area (Å²) in [7, 11) is 0. The van der Waals surface area contributed by atoms with Gasteiger partial charge < -0.3 is 15.3 Å². The van der Waals surface area contributed by atoms with Crippen molar-refractivity contribution < 1.29 is 14.6 Å². The largest absolute Gasteiger partial charge is 0.488 e. The van der Waals surface area contributed by atoms with Crippen molar-refractivity contribution >= 4 is 11.7 Å². The topological polar surface area (TPSA) is 70.6 Å². The van der Waals surface area contributed by atoms with E-state index in [-0.39, 0.29) is 5.56 Å². The van der Waals surface area contributed by atoms with Crippen LogP contribution < -0.4 is 15.6 Å². The first-order valence-electron chi connectivity index (χ1n) is 8.29. The maximum atomic E-state index is 11.6. The van der Waals surface area contributed by atoms with Gasteiger partial charge in [0, 0.05) is 12.2 Å². The Morgan fingerprint density at radius 3 is 2.27 bits per heavy atom. The van der Waals surface area contributed by atoms with Gasteiger partial charge in [-0.15, -0.1) is 0 Å². The number of carbonyl (C=O) groups is 1. The van der Waals surface area contributed by atoms with Crippen molar-refractivity contribution in [1.29, 1.82) is 0 Å². The van der Waals surface area contributed by atoms with Crippen molar-refractivity contribution in [1.82, 2.24) is 5.43 Å². The van der Waals surface area contributed by atoms with E-state index in [1.54, 1.807) is 12.1 Å². The quantitative estimate of drug-likeness (QED) is 0.535. The van der Waals surface area contributed by atoms with Crippen LogP contribution in [0, 0.1) is 0 Å². The summed E-state index contributed by atoms with van der Waals surface area (Å²) in [6, 6.07) is 24.5. The number of hydrogen-bond donors (Lipinski definition) is 3. The van der Waals surface area contributed by atoms with Gasteiger partial charge in [-0.3, -0.25) is 0 Å². The number of para-hydroxylation sites is 1. The Labute approximate surface area is 152 Å². The summed E-state index contributed by atoms with van der Waals surface area (Å²) in [4.78, 5) is 11.6. The van der Waals surface area contributed by atoms with Gasteiger partial charge in [-0.2, -0.15) is 0 Å². The summed E-state index contributed by atoms with van der Waals surface area (Å²) >= 11 is 0. The Kier molecular flexibility index (Phi) is 5.85. The Hall–Kier alpha value is -3.31. The highest BCUT2D eigenvalue weighted by atomic mass is 16.5. The van der Waals surface area contributed by atoms with Crippen LogP contribution in [0.1, 0.15) is 21.5 Å². The van der Waals surface area contributed by atoms with E-state index in [9.17, 15) is 9.90 Å². The molecule has 0 aliphatic heterocycles. The summed E-state index contributed by atoms with van der Waals surface area (Å²) in [6.45, 7) is 0.808. The SMILES string of the molecule is O=C(O)c1cc(CNNc2ccccc2)ccc1OCc1ccccc1. The van der Waals surface area contributed by atoms with Crippen molar-refractivity contribution in [3.8, 4) is 5.75 Å². The van der Waals surface area contributed by atoms with Crippen molar-refractivity contribution in [2.75, 3.05) is 5.43 Å². The van der Waals surface area contributed by atoms with Gasteiger partial charge in [0.2, 0.25) is 0 Å². The lowest BCUT2D eigenvalue weighted by Gasteiger charge is -2.12. The fourth-order valence-corrected chi connectivity index (χ4v) is 2.49. The molecule has 0 spiro atoms. The van der Waals surface area contributed by atoms with Crippen LogP contribution in [0.15, 0.2) is 78.9 Å². The fraction of sp³-hybridized carbons (Fsp3) is 0.0952. The predicted octanol–water partition coefficient (Wildman–Crippen LogP) is 4.08. The Morgan fingerprint density at radius 2 is 1.58 bits per heavy atom. The molecule has 0 aliphatic carbocycles. The number of ether oxygens (including phenoxy) is 1. The van der Waals surface area contributed by atoms with E-state index >= 15 is 0 Å². The molecule has 26 heavy (non-hydrogen) atoms. The van der Waals surface area contributed by atoms with Gasteiger partial charge in [-0.1, -0.05) is 54.6 Å². The molecule has 0 aromatic heterocycles. The Morgan fingerprint density at radius 1 is 0.885 bits per heavy atom. The van der Waals surface area contributed by atoms with Crippen LogP contribution in [0.2, 0.25) is 0 Å². The first kappa shape index (κ1) is 17.5. The third kappa shape index (κ3) is 4.84. The van der Waals surface area contributed by atoms with Crippen LogP contribution in [0.25, 0.3) is 0 Å². The molecule has 3 rings (SSSR count). The third-order valence-electron chi connectivity index (χ3n) is 3.81. The molecule has 0 saturated carbocycles. The second-order valence-electron chi connectivity index (χ2n) is 5.75. The third-order valence-corrected chi connectivity index (χ3v) is 3.81. The van der Waals surface area contributed by atoms with Crippen LogP contribution in [-0.4, -0.2) is 11.1 Å². The van der Waals surface area contributed by atoms with Gasteiger partial charge in [0.05, 0.1) is 0 Å². The first-order chi connectivity index (χ1) is 12.7. The van der Waals surface area contributed by atoms with E-state index in [0.717, 1.165) is 16.8 Å². The van der Waals surface area contributed by atoms with Crippen molar-refractivity contribution in [2.45, 2.75) is 13.2 Å². The highest BCUT2D eigenvalue weighted by Crippen LogP contribution is 2.22. The first-order valence-corrected chi connectivity index (χ1v) is 8.29. The summed E-state index contributed by atoms with van der Waals surface area (Å²) in [5, 5.41) is 9.47. The number of rotatable bonds is 8. The molecule has 3 N–H and O–H groups in total. The standard InChI is InChI=1S/C21H20N2O3/c24-21(25)19-13-17(14-22-23-18-9-5-2-6-10-18)11-12-20(19)26-15-16-7-3-1-4-8-16/h1-13,22-23H,14-15H2,(H,24,25). The minimum Gasteiger partial charge on any atom is -0.488 e. The molecule has 0 amide bonds. The summed E-state index contributed by atoms with van der Waals surface area (Å²) in [5.74, 6) is -0.646. The Bertz CT molecular complexity index is 852. The number of carboxylic acids is 1. The minimum absolute atomic E-state index is 0.153. The monoisotopic (exact) mass is 348 g/mol. The number of aromatic carboxylic acids is 1. The lowest BCUT2D eigenvalue weighted by Crippen LogP contribution is -2.21. The van der Waals surface area contributed by atoms with Gasteiger partial charge in [0.25, 0.3) is 0 Å². The Balaban J connectivity index is 1.63. The number of carboxylic acid groups (broad SMARTS) is 1. The molecule has 0 radical (unpaired) electrons. The van der Waals surface area contributed by atoms with Crippen molar-refractivity contribution in [3.05, 3.63) is 95.6 Å². The van der Waals surface area contributed by atoms with E-state index < -0.39 is 5.97 Å². The average molecular weight is 348 g/mol. The number of benzene rings is 3. The fourth-order valence-electron chi connectivity index (χ4n) is 2.49. The summed E-state index contributed by atoms with van der Waals surface area (Å²) in [5.41, 5.74) is 9.08. The smallest absolute Gasteiger partial charge is 0.339 e. The zero-order valence-corrected chi connectivity index (χ0v) is 14.2. The van der Waals surface area contributed by atoms with E-state index in [1.165, 1.54) is 0 Å². The van der Waals surface area contributed by atoms with Gasteiger partial charge in [-0.25, -0.2) is 10.2 Å². The lowest BCUT2D eigenvalue weighted by molar-refractivity contribution is 0.0691. The zero-order valence-electron chi connectivity index (χ0n) is 14.2. The molecule has 0 heterocycles. The van der Waals surface area contributed by atoms with E-state index in [1.807, 2.05) is 66.7 Å². The molecule has 0 aliphatic rings. The number of hydrogen-bond acceptors (Lipinski definition) is 4. The lowest BCUT2D eigenvalue weighted by atomic mass is 10.1. The molecule has 3 aromatic carbocycles. The molecule has 0 fully saturated rings. The van der Waals surface area contributed by atoms with Gasteiger partial charge in [0.1, 0.15) is 17.9 Å². The van der Waals surface area contributed by atoms with Crippen LogP contribution in [-0.2, 0) is 13.2 Å². The molecular weight excluding hydrogens is 328 g/mol. The minimum atomic E-state index is -1.01. The molecule has 0 saturated heterocycles. The number of anilines is 1. The van der Waals surface area contributed by atoms with Gasteiger partial charge in [0.15, 0.2) is 0 Å². The van der Waals surface area contributed by atoms with Crippen molar-refractivity contribution in [2.24, 2.45) is 0 Å². The highest BCUT2D eigenvalue weighted by Gasteiger charge is 2.12. The van der Waals surface area contributed by atoms with Crippen LogP contribution >= 0.6 is 0 Å². The number of nitrogens with one attached hydrogen (secondary N) is 2. The van der Waals surface area contributed by atoms with Crippen LogP contribution in [0.3, 0.4) is 0 Å². The zero-order chi connectivity index (χ0) is 18.2. The molecule has 5 nitrogen and oxygen atoms in total. The predicted molar refractivity (Wildman–Crippen MR) is 101 cm³/mol. The van der Waals surface area contributed by atoms with E-state index in [0.29, 0.717) is 18.9 Å². The highest BCUT2D eigenvalue weighted by molar-refractivity contribution is 5.91. The van der Waals surface area contributed by atoms with Crippen LogP contribution in [0.4, 0.5) is 5.69 Å². The molecule has 0 bridgehead atoms. The summed E-state index contributed by atoms with van der Waals surface area (Å²) < 4.78 is 5.70. The molecule has 3 aromatic rings. The number of hydrazine groups is 1. The second-order valence-corrected chi connectivity index (χ2v) is 5.75. The molecule has 0 unspecified atom stereocenters. The van der Waals surface area contributed by atoms with Crippen LogP contribution in [0.5, 0.6) is 5.75 Å². The van der Waals surface area contributed by atoms with E-state index in [2.05, 4.69) is 10.9 Å². The normalized spacial score (nSPS) is 10.3. The molecule has 0 atom stereocenters. The van der Waals surface area contributed by atoms with Gasteiger partial charge >= 0.3 is 5.97 Å². The average Bonchev–Trinajstić information content (AvgIpc) is 2.68. The maximum absolute atomic E-state index is 11.6. The maximum Gasteiger partial charge on any atom is 0.339 e. The summed E-state index contributed by atoms with van der Waals surface area (Å²) in [6.07, 6.45) is 0. The second kappa shape index (κ2) is 8.69. The molecule has 5 heteroatoms. The molecular formula is C21H20N2O3. The van der Waals surface area contributed by atoms with E-state index in [4.69, 9.17) is 4.74 Å². The molecule has 132 valence electrons. The van der Waals surface area contributed by atoms with Gasteiger partial charge in [-0.05, 0) is 35.4 Å². The van der Waals surface area contributed by atoms with Crippen molar-refractivity contribution in [3.63, 3.8) is 0 Å².